The number of thiazole rings is 1. The molecule has 108 valence electrons. The quantitative estimate of drug-likeness (QED) is 0.908. The molecule has 2 aliphatic rings. The summed E-state index contributed by atoms with van der Waals surface area (Å²) in [6, 6.07) is -0.573. The summed E-state index contributed by atoms with van der Waals surface area (Å²) in [4.78, 5) is 30.6. The van der Waals surface area contributed by atoms with Crippen LogP contribution in [0.5, 0.6) is 0 Å². The Kier molecular flexibility index (Phi) is 3.50. The Bertz CT molecular complexity index is 542. The number of fused-ring (bicyclic) bond motifs is 1. The van der Waals surface area contributed by atoms with Crippen molar-refractivity contribution in [2.24, 2.45) is 5.92 Å². The van der Waals surface area contributed by atoms with Gasteiger partial charge < -0.3 is 10.0 Å². The Labute approximate surface area is 121 Å². The Morgan fingerprint density at radius 2 is 2.15 bits per heavy atom. The zero-order valence-corrected chi connectivity index (χ0v) is 12.2. The molecule has 6 heteroatoms. The van der Waals surface area contributed by atoms with E-state index in [1.807, 2.05) is 0 Å². The molecule has 0 unspecified atom stereocenters. The van der Waals surface area contributed by atoms with Gasteiger partial charge >= 0.3 is 5.97 Å². The molecule has 1 saturated carbocycles. The highest BCUT2D eigenvalue weighted by atomic mass is 32.1. The Morgan fingerprint density at radius 3 is 2.80 bits per heavy atom. The second-order valence-corrected chi connectivity index (χ2v) is 6.54. The molecular weight excluding hydrogens is 276 g/mol. The van der Waals surface area contributed by atoms with Gasteiger partial charge in [-0.15, -0.1) is 11.3 Å². The summed E-state index contributed by atoms with van der Waals surface area (Å²) < 4.78 is 0. The minimum atomic E-state index is -0.880. The lowest BCUT2D eigenvalue weighted by molar-refractivity contribution is -0.141. The molecule has 1 aromatic heterocycles. The largest absolute Gasteiger partial charge is 0.480 e. The van der Waals surface area contributed by atoms with E-state index in [9.17, 15) is 14.7 Å². The number of amides is 1. The SMILES string of the molecule is Cc1ncsc1C(=O)N1[C@@H]2CCCC[C@H]2C[C@H]1C(=O)O. The van der Waals surface area contributed by atoms with E-state index in [0.717, 1.165) is 25.7 Å². The van der Waals surface area contributed by atoms with Crippen molar-refractivity contribution in [2.45, 2.75) is 51.1 Å². The predicted molar refractivity (Wildman–Crippen MR) is 74.8 cm³/mol. The lowest BCUT2D eigenvalue weighted by atomic mass is 9.85. The van der Waals surface area contributed by atoms with E-state index >= 15 is 0 Å². The van der Waals surface area contributed by atoms with Gasteiger partial charge in [0.15, 0.2) is 0 Å². The van der Waals surface area contributed by atoms with Crippen LogP contribution in [0.4, 0.5) is 0 Å². The molecule has 0 radical (unpaired) electrons. The summed E-state index contributed by atoms with van der Waals surface area (Å²) in [6.07, 6.45) is 4.80. The van der Waals surface area contributed by atoms with Crippen LogP contribution in [0.2, 0.25) is 0 Å². The van der Waals surface area contributed by atoms with Gasteiger partial charge in [0, 0.05) is 6.04 Å². The first-order valence-electron chi connectivity index (χ1n) is 7.05. The van der Waals surface area contributed by atoms with Crippen LogP contribution in [0.25, 0.3) is 0 Å². The summed E-state index contributed by atoms with van der Waals surface area (Å²) in [7, 11) is 0. The van der Waals surface area contributed by atoms with Gasteiger partial charge in [-0.05, 0) is 32.1 Å². The minimum absolute atomic E-state index is 0.0962. The fraction of sp³-hybridized carbons (Fsp3) is 0.643. The van der Waals surface area contributed by atoms with Crippen molar-refractivity contribution < 1.29 is 14.7 Å². The molecule has 1 aliphatic carbocycles. The summed E-state index contributed by atoms with van der Waals surface area (Å²) in [5, 5.41) is 9.44. The molecule has 1 amide bonds. The average Bonchev–Trinajstić information content (AvgIpc) is 3.01. The highest BCUT2D eigenvalue weighted by Gasteiger charge is 2.48. The van der Waals surface area contributed by atoms with Gasteiger partial charge in [0.05, 0.1) is 11.2 Å². The molecule has 0 aromatic carbocycles. The molecule has 3 atom stereocenters. The molecular formula is C14H18N2O3S. The van der Waals surface area contributed by atoms with Gasteiger partial charge in [-0.1, -0.05) is 12.8 Å². The maximum atomic E-state index is 12.7. The van der Waals surface area contributed by atoms with Crippen LogP contribution < -0.4 is 0 Å². The van der Waals surface area contributed by atoms with E-state index < -0.39 is 12.0 Å². The summed E-state index contributed by atoms with van der Waals surface area (Å²) in [6.45, 7) is 1.80. The van der Waals surface area contributed by atoms with Crippen LogP contribution in [0.15, 0.2) is 5.51 Å². The zero-order valence-electron chi connectivity index (χ0n) is 11.4. The molecule has 1 aliphatic heterocycles. The molecule has 2 heterocycles. The van der Waals surface area contributed by atoms with Crippen LogP contribution in [-0.2, 0) is 4.79 Å². The van der Waals surface area contributed by atoms with E-state index in [1.54, 1.807) is 17.3 Å². The van der Waals surface area contributed by atoms with Crippen molar-refractivity contribution in [3.63, 3.8) is 0 Å². The number of rotatable bonds is 2. The van der Waals surface area contributed by atoms with Gasteiger partial charge in [0.25, 0.3) is 5.91 Å². The van der Waals surface area contributed by atoms with Crippen LogP contribution in [0.3, 0.4) is 0 Å². The maximum absolute atomic E-state index is 12.7. The number of carboxylic acid groups (broad SMARTS) is 1. The van der Waals surface area contributed by atoms with Gasteiger partial charge in [-0.25, -0.2) is 9.78 Å². The fourth-order valence-corrected chi connectivity index (χ4v) is 4.34. The second kappa shape index (κ2) is 5.16. The van der Waals surface area contributed by atoms with Crippen molar-refractivity contribution in [3.8, 4) is 0 Å². The number of aromatic nitrogens is 1. The smallest absolute Gasteiger partial charge is 0.326 e. The third-order valence-electron chi connectivity index (χ3n) is 4.55. The summed E-state index contributed by atoms with van der Waals surface area (Å²) in [5.41, 5.74) is 2.34. The number of nitrogens with zero attached hydrogens (tertiary/aromatic N) is 2. The van der Waals surface area contributed by atoms with Crippen LogP contribution in [-0.4, -0.2) is 39.0 Å². The molecule has 1 aromatic rings. The summed E-state index contributed by atoms with van der Waals surface area (Å²) >= 11 is 1.30. The van der Waals surface area contributed by atoms with Crippen molar-refractivity contribution in [3.05, 3.63) is 16.1 Å². The predicted octanol–water partition coefficient (Wildman–Crippen LogP) is 2.31. The minimum Gasteiger partial charge on any atom is -0.480 e. The number of hydrogen-bond donors (Lipinski definition) is 1. The van der Waals surface area contributed by atoms with Crippen molar-refractivity contribution in [1.29, 1.82) is 0 Å². The van der Waals surface area contributed by atoms with Gasteiger partial charge in [-0.3, -0.25) is 4.79 Å². The first kappa shape index (κ1) is 13.5. The molecule has 5 nitrogen and oxygen atoms in total. The zero-order chi connectivity index (χ0) is 14.3. The van der Waals surface area contributed by atoms with E-state index in [2.05, 4.69) is 4.98 Å². The third-order valence-corrected chi connectivity index (χ3v) is 5.46. The number of likely N-dealkylation sites (tertiary alicyclic amines) is 1. The Morgan fingerprint density at radius 1 is 1.40 bits per heavy atom. The topological polar surface area (TPSA) is 70.5 Å². The van der Waals surface area contributed by atoms with E-state index in [-0.39, 0.29) is 11.9 Å². The van der Waals surface area contributed by atoms with E-state index in [1.165, 1.54) is 11.3 Å². The van der Waals surface area contributed by atoms with Crippen molar-refractivity contribution in [2.75, 3.05) is 0 Å². The monoisotopic (exact) mass is 294 g/mol. The number of carbonyl (C=O) groups excluding carboxylic acids is 1. The molecule has 3 rings (SSSR count). The highest BCUT2D eigenvalue weighted by Crippen LogP contribution is 2.41. The third kappa shape index (κ3) is 2.12. The van der Waals surface area contributed by atoms with Crippen LogP contribution in [0, 0.1) is 12.8 Å². The molecule has 1 N–H and O–H groups in total. The standard InChI is InChI=1S/C14H18N2O3S/c1-8-12(20-7-15-8)13(17)16-10-5-3-2-4-9(10)6-11(16)14(18)19/h7,9-11H,2-6H2,1H3,(H,18,19)/t9-,10+,11-/m0/s1. The summed E-state index contributed by atoms with van der Waals surface area (Å²) in [5.74, 6) is -0.677. The molecule has 20 heavy (non-hydrogen) atoms. The number of aryl methyl sites for hydroxylation is 1. The van der Waals surface area contributed by atoms with E-state index in [0.29, 0.717) is 22.9 Å². The highest BCUT2D eigenvalue weighted by molar-refractivity contribution is 7.11. The Balaban J connectivity index is 1.93. The van der Waals surface area contributed by atoms with Crippen LogP contribution in [0.1, 0.15) is 47.5 Å². The normalized spacial score (nSPS) is 29.2. The molecule has 0 bridgehead atoms. The number of carboxylic acids is 1. The van der Waals surface area contributed by atoms with Crippen LogP contribution >= 0.6 is 11.3 Å². The van der Waals surface area contributed by atoms with Gasteiger partial charge in [0.2, 0.25) is 0 Å². The first-order chi connectivity index (χ1) is 9.59. The molecule has 0 spiro atoms. The number of carbonyl (C=O) groups is 2. The van der Waals surface area contributed by atoms with Crippen molar-refractivity contribution in [1.82, 2.24) is 9.88 Å². The second-order valence-electron chi connectivity index (χ2n) is 5.68. The van der Waals surface area contributed by atoms with E-state index in [4.69, 9.17) is 0 Å². The number of hydrogen-bond acceptors (Lipinski definition) is 4. The maximum Gasteiger partial charge on any atom is 0.326 e. The van der Waals surface area contributed by atoms with Crippen molar-refractivity contribution >= 4 is 23.2 Å². The van der Waals surface area contributed by atoms with Gasteiger partial charge in [0.1, 0.15) is 10.9 Å². The number of aliphatic carboxylic acids is 1. The first-order valence-corrected chi connectivity index (χ1v) is 7.93. The molecule has 1 saturated heterocycles. The van der Waals surface area contributed by atoms with Gasteiger partial charge in [-0.2, -0.15) is 0 Å². The average molecular weight is 294 g/mol. The fourth-order valence-electron chi connectivity index (χ4n) is 3.60. The lowest BCUT2D eigenvalue weighted by Crippen LogP contribution is -2.46. The Hall–Kier alpha value is -1.43. The lowest BCUT2D eigenvalue weighted by Gasteiger charge is -2.32. The molecule has 2 fully saturated rings.